The highest BCUT2D eigenvalue weighted by atomic mass is 16.5. The average molecular weight is 234 g/mol. The van der Waals surface area contributed by atoms with E-state index in [1.54, 1.807) is 7.11 Å². The summed E-state index contributed by atoms with van der Waals surface area (Å²) >= 11 is 0. The van der Waals surface area contributed by atoms with E-state index in [1.165, 1.54) is 0 Å². The zero-order chi connectivity index (χ0) is 12.3. The SMILES string of the molecule is COc1ccc(C)c(NC(=NC2CC2)NN)c1. The van der Waals surface area contributed by atoms with E-state index in [-0.39, 0.29) is 0 Å². The van der Waals surface area contributed by atoms with E-state index in [4.69, 9.17) is 10.6 Å². The number of guanidine groups is 1. The number of methoxy groups -OCH3 is 1. The summed E-state index contributed by atoms with van der Waals surface area (Å²) in [7, 11) is 1.65. The smallest absolute Gasteiger partial charge is 0.210 e. The Bertz CT molecular complexity index is 427. The second-order valence-corrected chi connectivity index (χ2v) is 4.16. The van der Waals surface area contributed by atoms with Crippen molar-refractivity contribution in [3.05, 3.63) is 23.8 Å². The molecule has 4 N–H and O–H groups in total. The molecule has 0 aliphatic heterocycles. The number of aliphatic imine (C=N–C) groups is 1. The summed E-state index contributed by atoms with van der Waals surface area (Å²) in [6.45, 7) is 2.02. The Morgan fingerprint density at radius 2 is 2.24 bits per heavy atom. The minimum Gasteiger partial charge on any atom is -0.497 e. The number of hydrogen-bond acceptors (Lipinski definition) is 3. The van der Waals surface area contributed by atoms with E-state index in [0.29, 0.717) is 12.0 Å². The van der Waals surface area contributed by atoms with Crippen molar-refractivity contribution in [2.75, 3.05) is 12.4 Å². The van der Waals surface area contributed by atoms with Crippen molar-refractivity contribution in [3.8, 4) is 5.75 Å². The lowest BCUT2D eigenvalue weighted by Gasteiger charge is -2.12. The number of aryl methyl sites for hydroxylation is 1. The predicted molar refractivity (Wildman–Crippen MR) is 69.1 cm³/mol. The van der Waals surface area contributed by atoms with Crippen LogP contribution in [0.2, 0.25) is 0 Å². The molecule has 5 nitrogen and oxygen atoms in total. The fraction of sp³-hybridized carbons (Fsp3) is 0.417. The predicted octanol–water partition coefficient (Wildman–Crippen LogP) is 1.40. The number of nitrogens with two attached hydrogens (primary N) is 1. The molecule has 1 aromatic rings. The van der Waals surface area contributed by atoms with Gasteiger partial charge in [-0.05, 0) is 31.4 Å². The lowest BCUT2D eigenvalue weighted by Crippen LogP contribution is -2.36. The third-order valence-electron chi connectivity index (χ3n) is 2.69. The Morgan fingerprint density at radius 3 is 2.82 bits per heavy atom. The van der Waals surface area contributed by atoms with Gasteiger partial charge in [-0.25, -0.2) is 10.8 Å². The quantitative estimate of drug-likeness (QED) is 0.320. The Morgan fingerprint density at radius 1 is 1.47 bits per heavy atom. The van der Waals surface area contributed by atoms with Crippen molar-refractivity contribution in [3.63, 3.8) is 0 Å². The molecule has 0 spiro atoms. The van der Waals surface area contributed by atoms with Crippen molar-refractivity contribution in [2.45, 2.75) is 25.8 Å². The molecule has 0 heterocycles. The number of benzene rings is 1. The molecule has 0 bridgehead atoms. The van der Waals surface area contributed by atoms with Gasteiger partial charge in [-0.1, -0.05) is 6.07 Å². The van der Waals surface area contributed by atoms with E-state index in [1.807, 2.05) is 25.1 Å². The molecule has 92 valence electrons. The van der Waals surface area contributed by atoms with Crippen LogP contribution in [-0.2, 0) is 0 Å². The summed E-state index contributed by atoms with van der Waals surface area (Å²) in [5.41, 5.74) is 4.65. The molecule has 0 saturated heterocycles. The molecule has 1 saturated carbocycles. The highest BCUT2D eigenvalue weighted by Crippen LogP contribution is 2.25. The third-order valence-corrected chi connectivity index (χ3v) is 2.69. The number of nitrogens with zero attached hydrogens (tertiary/aromatic N) is 1. The van der Waals surface area contributed by atoms with E-state index in [2.05, 4.69) is 15.7 Å². The number of hydrogen-bond donors (Lipinski definition) is 3. The molecule has 0 unspecified atom stereocenters. The summed E-state index contributed by atoms with van der Waals surface area (Å²) in [4.78, 5) is 4.43. The lowest BCUT2D eigenvalue weighted by molar-refractivity contribution is 0.415. The number of ether oxygens (including phenoxy) is 1. The van der Waals surface area contributed by atoms with Crippen molar-refractivity contribution in [2.24, 2.45) is 10.8 Å². The Hall–Kier alpha value is -1.75. The minimum absolute atomic E-state index is 0.416. The first-order chi connectivity index (χ1) is 8.22. The molecule has 0 atom stereocenters. The van der Waals surface area contributed by atoms with Gasteiger partial charge in [0.05, 0.1) is 13.2 Å². The van der Waals surface area contributed by atoms with Crippen molar-refractivity contribution < 1.29 is 4.74 Å². The zero-order valence-electron chi connectivity index (χ0n) is 10.2. The van der Waals surface area contributed by atoms with E-state index < -0.39 is 0 Å². The molecule has 2 rings (SSSR count). The van der Waals surface area contributed by atoms with Crippen LogP contribution in [0, 0.1) is 6.92 Å². The number of rotatable bonds is 3. The van der Waals surface area contributed by atoms with Crippen LogP contribution >= 0.6 is 0 Å². The summed E-state index contributed by atoms with van der Waals surface area (Å²) in [6, 6.07) is 6.26. The normalized spacial score (nSPS) is 15.6. The molecule has 1 aliphatic rings. The van der Waals surface area contributed by atoms with Crippen LogP contribution in [0.15, 0.2) is 23.2 Å². The first-order valence-electron chi connectivity index (χ1n) is 5.69. The highest BCUT2D eigenvalue weighted by molar-refractivity contribution is 5.94. The first-order valence-corrected chi connectivity index (χ1v) is 5.69. The molecule has 1 fully saturated rings. The molecule has 0 amide bonds. The van der Waals surface area contributed by atoms with E-state index in [9.17, 15) is 0 Å². The molecule has 1 aliphatic carbocycles. The Labute approximate surface area is 101 Å². The standard InChI is InChI=1S/C12H18N4O/c1-8-3-6-10(17-2)7-11(8)15-12(16-13)14-9-4-5-9/h3,6-7,9H,4-5,13H2,1-2H3,(H2,14,15,16). The van der Waals surface area contributed by atoms with Gasteiger partial charge in [0, 0.05) is 11.8 Å². The highest BCUT2D eigenvalue weighted by Gasteiger charge is 2.21. The number of anilines is 1. The first kappa shape index (κ1) is 11.7. The van der Waals surface area contributed by atoms with Gasteiger partial charge in [-0.2, -0.15) is 0 Å². The Balaban J connectivity index is 2.15. The fourth-order valence-corrected chi connectivity index (χ4v) is 1.48. The molecule has 0 aromatic heterocycles. The lowest BCUT2D eigenvalue weighted by atomic mass is 10.2. The molecule has 1 aromatic carbocycles. The summed E-state index contributed by atoms with van der Waals surface area (Å²) in [6.07, 6.45) is 2.29. The van der Waals surface area contributed by atoms with E-state index >= 15 is 0 Å². The van der Waals surface area contributed by atoms with Crippen molar-refractivity contribution in [1.29, 1.82) is 0 Å². The molecule has 5 heteroatoms. The maximum Gasteiger partial charge on any atom is 0.210 e. The molecule has 0 radical (unpaired) electrons. The second kappa shape index (κ2) is 5.05. The van der Waals surface area contributed by atoms with Gasteiger partial charge in [0.1, 0.15) is 5.75 Å². The maximum atomic E-state index is 5.44. The summed E-state index contributed by atoms with van der Waals surface area (Å²) < 4.78 is 5.19. The summed E-state index contributed by atoms with van der Waals surface area (Å²) in [5, 5.41) is 3.18. The van der Waals surface area contributed by atoms with Gasteiger partial charge in [-0.15, -0.1) is 0 Å². The largest absolute Gasteiger partial charge is 0.497 e. The van der Waals surface area contributed by atoms with Gasteiger partial charge >= 0.3 is 0 Å². The minimum atomic E-state index is 0.416. The number of nitrogens with one attached hydrogen (secondary N) is 2. The molecular weight excluding hydrogens is 216 g/mol. The van der Waals surface area contributed by atoms with Gasteiger partial charge in [0.2, 0.25) is 5.96 Å². The fourth-order valence-electron chi connectivity index (χ4n) is 1.48. The second-order valence-electron chi connectivity index (χ2n) is 4.16. The summed E-state index contributed by atoms with van der Waals surface area (Å²) in [5.74, 6) is 6.85. The topological polar surface area (TPSA) is 71.7 Å². The van der Waals surface area contributed by atoms with Gasteiger partial charge in [0.15, 0.2) is 0 Å². The van der Waals surface area contributed by atoms with Crippen LogP contribution in [-0.4, -0.2) is 19.1 Å². The molecular formula is C12H18N4O. The number of hydrazine groups is 1. The van der Waals surface area contributed by atoms with Gasteiger partial charge in [-0.3, -0.25) is 5.43 Å². The molecule has 17 heavy (non-hydrogen) atoms. The Kier molecular flexibility index (Phi) is 3.49. The van der Waals surface area contributed by atoms with Crippen LogP contribution in [0.5, 0.6) is 5.75 Å². The van der Waals surface area contributed by atoms with Crippen LogP contribution < -0.4 is 21.3 Å². The maximum absolute atomic E-state index is 5.44. The van der Waals surface area contributed by atoms with Crippen LogP contribution in [0.25, 0.3) is 0 Å². The zero-order valence-corrected chi connectivity index (χ0v) is 10.2. The van der Waals surface area contributed by atoms with Crippen LogP contribution in [0.1, 0.15) is 18.4 Å². The average Bonchev–Trinajstić information content (AvgIpc) is 3.14. The van der Waals surface area contributed by atoms with Crippen molar-refractivity contribution >= 4 is 11.6 Å². The van der Waals surface area contributed by atoms with Crippen LogP contribution in [0.3, 0.4) is 0 Å². The van der Waals surface area contributed by atoms with Crippen molar-refractivity contribution in [1.82, 2.24) is 5.43 Å². The van der Waals surface area contributed by atoms with E-state index in [0.717, 1.165) is 29.8 Å². The monoisotopic (exact) mass is 234 g/mol. The third kappa shape index (κ3) is 3.10. The van der Waals surface area contributed by atoms with Gasteiger partial charge < -0.3 is 10.1 Å². The van der Waals surface area contributed by atoms with Gasteiger partial charge in [0.25, 0.3) is 0 Å². The van der Waals surface area contributed by atoms with Crippen LogP contribution in [0.4, 0.5) is 5.69 Å².